The van der Waals surface area contributed by atoms with Gasteiger partial charge in [0.2, 0.25) is 0 Å². The number of hydrogen-bond donors (Lipinski definition) is 0. The molecule has 0 N–H and O–H groups in total. The third kappa shape index (κ3) is 2.42. The highest BCUT2D eigenvalue weighted by molar-refractivity contribution is 5.97. The van der Waals surface area contributed by atoms with Crippen LogP contribution in [-0.2, 0) is 13.6 Å². The summed E-state index contributed by atoms with van der Waals surface area (Å²) in [6.45, 7) is 2.51. The Morgan fingerprint density at radius 3 is 1.67 bits per heavy atom. The molecule has 0 aliphatic heterocycles. The molecular weight excluding hydrogens is 308 g/mol. The van der Waals surface area contributed by atoms with Crippen LogP contribution in [-0.4, -0.2) is 9.13 Å². The van der Waals surface area contributed by atoms with Crippen LogP contribution < -0.4 is 22.2 Å². The SMILES string of the molecule is CCCCCCCn1c(=O)c2cc3c(=O)n(C)c(=O)c3cc2c1=O. The largest absolute Gasteiger partial charge is 0.277 e. The Kier molecular flexibility index (Phi) is 4.22. The van der Waals surface area contributed by atoms with Gasteiger partial charge in [-0.25, -0.2) is 0 Å². The lowest BCUT2D eigenvalue weighted by molar-refractivity contribution is 0.556. The first-order chi connectivity index (χ1) is 11.5. The van der Waals surface area contributed by atoms with Gasteiger partial charge in [0.05, 0.1) is 21.5 Å². The van der Waals surface area contributed by atoms with Crippen LogP contribution in [0.15, 0.2) is 31.3 Å². The zero-order valence-electron chi connectivity index (χ0n) is 13.9. The van der Waals surface area contributed by atoms with Gasteiger partial charge in [0.1, 0.15) is 0 Å². The van der Waals surface area contributed by atoms with Crippen molar-refractivity contribution in [2.45, 2.75) is 45.6 Å². The minimum Gasteiger partial charge on any atom is -0.277 e. The van der Waals surface area contributed by atoms with Crippen LogP contribution in [0.1, 0.15) is 39.0 Å². The summed E-state index contributed by atoms with van der Waals surface area (Å²) in [4.78, 5) is 49.1. The fourth-order valence-corrected chi connectivity index (χ4v) is 3.22. The third-order valence-corrected chi connectivity index (χ3v) is 4.66. The molecular formula is C18H20N2O4. The fraction of sp³-hybridized carbons (Fsp3) is 0.444. The van der Waals surface area contributed by atoms with E-state index in [1.807, 2.05) is 0 Å². The van der Waals surface area contributed by atoms with Crippen molar-refractivity contribution in [3.8, 4) is 0 Å². The monoisotopic (exact) mass is 328 g/mol. The smallest absolute Gasteiger partial charge is 0.261 e. The highest BCUT2D eigenvalue weighted by atomic mass is 16.2. The number of fused-ring (bicyclic) bond motifs is 2. The van der Waals surface area contributed by atoms with E-state index in [1.165, 1.54) is 23.7 Å². The molecule has 3 rings (SSSR count). The van der Waals surface area contributed by atoms with Gasteiger partial charge in [-0.2, -0.15) is 0 Å². The van der Waals surface area contributed by atoms with Crippen LogP contribution in [0.5, 0.6) is 0 Å². The van der Waals surface area contributed by atoms with E-state index in [0.717, 1.165) is 36.7 Å². The number of unbranched alkanes of at least 4 members (excludes halogenated alkanes) is 4. The van der Waals surface area contributed by atoms with E-state index in [4.69, 9.17) is 0 Å². The van der Waals surface area contributed by atoms with E-state index < -0.39 is 11.1 Å². The Hall–Kier alpha value is -2.50. The lowest BCUT2D eigenvalue weighted by Crippen LogP contribution is -2.25. The minimum atomic E-state index is -0.434. The zero-order valence-corrected chi connectivity index (χ0v) is 13.9. The lowest BCUT2D eigenvalue weighted by Gasteiger charge is -2.00. The van der Waals surface area contributed by atoms with Crippen LogP contribution in [0.25, 0.3) is 21.5 Å². The molecule has 0 fully saturated rings. The molecule has 2 aromatic heterocycles. The summed E-state index contributed by atoms with van der Waals surface area (Å²) >= 11 is 0. The lowest BCUT2D eigenvalue weighted by atomic mass is 10.1. The summed E-state index contributed by atoms with van der Waals surface area (Å²) in [6.07, 6.45) is 5.11. The molecule has 0 aliphatic carbocycles. The Morgan fingerprint density at radius 2 is 1.17 bits per heavy atom. The highest BCUT2D eigenvalue weighted by Gasteiger charge is 2.17. The van der Waals surface area contributed by atoms with E-state index in [2.05, 4.69) is 6.92 Å². The summed E-state index contributed by atoms with van der Waals surface area (Å²) in [5, 5.41) is 0.854. The Balaban J connectivity index is 2.07. The third-order valence-electron chi connectivity index (χ3n) is 4.66. The number of nitrogens with zero attached hydrogens (tertiary/aromatic N) is 2. The first kappa shape index (κ1) is 16.4. The van der Waals surface area contributed by atoms with Gasteiger partial charge < -0.3 is 0 Å². The van der Waals surface area contributed by atoms with Crippen molar-refractivity contribution in [2.75, 3.05) is 0 Å². The highest BCUT2D eigenvalue weighted by Crippen LogP contribution is 2.14. The van der Waals surface area contributed by atoms with E-state index >= 15 is 0 Å². The maximum absolute atomic E-state index is 12.5. The minimum absolute atomic E-state index is 0.201. The Morgan fingerprint density at radius 1 is 0.708 bits per heavy atom. The molecule has 0 spiro atoms. The van der Waals surface area contributed by atoms with Crippen molar-refractivity contribution in [1.82, 2.24) is 9.13 Å². The number of benzene rings is 1. The summed E-state index contributed by atoms with van der Waals surface area (Å²) in [5.74, 6) is 0. The predicted molar refractivity (Wildman–Crippen MR) is 94.6 cm³/mol. The Bertz CT molecular complexity index is 1030. The molecule has 3 aromatic rings. The standard InChI is InChI=1S/C18H20N2O4/c1-3-4-5-6-7-8-20-17(23)13-9-11-12(10-14(13)18(20)24)16(22)19(2)15(11)21/h9-10H,3-8H2,1-2H3. The number of aromatic nitrogens is 2. The first-order valence-corrected chi connectivity index (χ1v) is 8.34. The zero-order chi connectivity index (χ0) is 17.4. The second-order valence-electron chi connectivity index (χ2n) is 6.29. The maximum atomic E-state index is 12.5. The van der Waals surface area contributed by atoms with Crippen molar-refractivity contribution in [2.24, 2.45) is 7.05 Å². The number of rotatable bonds is 6. The van der Waals surface area contributed by atoms with Gasteiger partial charge in [-0.15, -0.1) is 0 Å². The molecule has 0 atom stereocenters. The molecule has 24 heavy (non-hydrogen) atoms. The molecule has 0 amide bonds. The Labute approximate surface area is 137 Å². The summed E-state index contributed by atoms with van der Waals surface area (Å²) in [6, 6.07) is 2.79. The van der Waals surface area contributed by atoms with Gasteiger partial charge in [-0.3, -0.25) is 28.3 Å². The molecule has 6 heteroatoms. The van der Waals surface area contributed by atoms with Crippen LogP contribution >= 0.6 is 0 Å². The molecule has 0 aliphatic rings. The topological polar surface area (TPSA) is 78.1 Å². The summed E-state index contributed by atoms with van der Waals surface area (Å²) in [7, 11) is 1.39. The van der Waals surface area contributed by atoms with Crippen molar-refractivity contribution < 1.29 is 0 Å². The van der Waals surface area contributed by atoms with Crippen molar-refractivity contribution in [1.29, 1.82) is 0 Å². The maximum Gasteiger partial charge on any atom is 0.261 e. The van der Waals surface area contributed by atoms with Gasteiger partial charge in [-0.1, -0.05) is 32.6 Å². The van der Waals surface area contributed by atoms with Crippen molar-refractivity contribution >= 4 is 21.5 Å². The molecule has 6 nitrogen and oxygen atoms in total. The summed E-state index contributed by atoms with van der Waals surface area (Å²) < 4.78 is 2.23. The van der Waals surface area contributed by atoms with E-state index in [0.29, 0.717) is 6.54 Å². The van der Waals surface area contributed by atoms with Gasteiger partial charge in [0.15, 0.2) is 0 Å². The normalized spacial score (nSPS) is 11.8. The molecule has 2 heterocycles. The quantitative estimate of drug-likeness (QED) is 0.641. The van der Waals surface area contributed by atoms with Crippen LogP contribution in [0, 0.1) is 0 Å². The molecule has 0 unspecified atom stereocenters. The molecule has 126 valence electrons. The molecule has 0 bridgehead atoms. The average molecular weight is 328 g/mol. The van der Waals surface area contributed by atoms with Crippen LogP contribution in [0.3, 0.4) is 0 Å². The fourth-order valence-electron chi connectivity index (χ4n) is 3.22. The molecule has 0 saturated heterocycles. The predicted octanol–water partition coefficient (Wildman–Crippen LogP) is 1.42. The average Bonchev–Trinajstić information content (AvgIpc) is 2.94. The number of hydrogen-bond acceptors (Lipinski definition) is 4. The van der Waals surface area contributed by atoms with Gasteiger partial charge in [-0.05, 0) is 18.6 Å². The summed E-state index contributed by atoms with van der Waals surface area (Å²) in [5.41, 5.74) is -1.61. The van der Waals surface area contributed by atoms with Crippen LogP contribution in [0.2, 0.25) is 0 Å². The van der Waals surface area contributed by atoms with E-state index in [-0.39, 0.29) is 32.7 Å². The first-order valence-electron chi connectivity index (χ1n) is 8.34. The van der Waals surface area contributed by atoms with Crippen LogP contribution in [0.4, 0.5) is 0 Å². The van der Waals surface area contributed by atoms with Crippen molar-refractivity contribution in [3.63, 3.8) is 0 Å². The second kappa shape index (κ2) is 6.19. The van der Waals surface area contributed by atoms with Crippen molar-refractivity contribution in [3.05, 3.63) is 53.5 Å². The van der Waals surface area contributed by atoms with Gasteiger partial charge >= 0.3 is 0 Å². The second-order valence-corrected chi connectivity index (χ2v) is 6.29. The van der Waals surface area contributed by atoms with Gasteiger partial charge in [0.25, 0.3) is 22.2 Å². The van der Waals surface area contributed by atoms with Gasteiger partial charge in [0, 0.05) is 13.6 Å². The van der Waals surface area contributed by atoms with E-state index in [9.17, 15) is 19.2 Å². The van der Waals surface area contributed by atoms with E-state index in [1.54, 1.807) is 0 Å². The molecule has 1 aromatic carbocycles. The molecule has 0 radical (unpaired) electrons. The molecule has 0 saturated carbocycles.